The molecule has 0 spiro atoms. The van der Waals surface area contributed by atoms with Crippen LogP contribution in [0.25, 0.3) is 0 Å². The standard InChI is InChI=1S/C16H26N2O5S/c1-6-17-15(19)11-23-8-7-18(4)24(20,21)16-12(2)9-14(22-5)10-13(16)3/h9-10H,6-8,11H2,1-5H3,(H,17,19). The first-order valence-electron chi connectivity index (χ1n) is 7.70. The summed E-state index contributed by atoms with van der Waals surface area (Å²) >= 11 is 0. The van der Waals surface area contributed by atoms with Crippen LogP contribution in [-0.4, -0.2) is 59.1 Å². The van der Waals surface area contributed by atoms with Gasteiger partial charge in [0, 0.05) is 20.1 Å². The van der Waals surface area contributed by atoms with E-state index in [2.05, 4.69) is 5.32 Å². The van der Waals surface area contributed by atoms with Crippen LogP contribution in [0.4, 0.5) is 0 Å². The highest BCUT2D eigenvalue weighted by molar-refractivity contribution is 7.89. The number of benzene rings is 1. The third-order valence-corrected chi connectivity index (χ3v) is 5.66. The fourth-order valence-electron chi connectivity index (χ4n) is 2.32. The highest BCUT2D eigenvalue weighted by atomic mass is 32.2. The van der Waals surface area contributed by atoms with Crippen LogP contribution in [0, 0.1) is 13.8 Å². The van der Waals surface area contributed by atoms with E-state index in [4.69, 9.17) is 9.47 Å². The van der Waals surface area contributed by atoms with E-state index in [1.807, 2.05) is 6.92 Å². The first kappa shape index (κ1) is 20.4. The summed E-state index contributed by atoms with van der Waals surface area (Å²) in [5.74, 6) is 0.404. The maximum absolute atomic E-state index is 12.8. The third kappa shape index (κ3) is 5.19. The summed E-state index contributed by atoms with van der Waals surface area (Å²) in [4.78, 5) is 11.5. The molecule has 8 heteroatoms. The molecule has 0 heterocycles. The molecule has 0 aliphatic heterocycles. The molecule has 0 aliphatic carbocycles. The van der Waals surface area contributed by atoms with Gasteiger partial charge in [-0.2, -0.15) is 4.31 Å². The van der Waals surface area contributed by atoms with Gasteiger partial charge in [-0.1, -0.05) is 0 Å². The molecule has 1 rings (SSSR count). The molecule has 0 saturated carbocycles. The van der Waals surface area contributed by atoms with Gasteiger partial charge in [-0.25, -0.2) is 8.42 Å². The summed E-state index contributed by atoms with van der Waals surface area (Å²) in [7, 11) is -0.603. The van der Waals surface area contributed by atoms with E-state index >= 15 is 0 Å². The van der Waals surface area contributed by atoms with E-state index in [9.17, 15) is 13.2 Å². The van der Waals surface area contributed by atoms with Crippen molar-refractivity contribution >= 4 is 15.9 Å². The van der Waals surface area contributed by atoms with Gasteiger partial charge in [-0.05, 0) is 44.0 Å². The Kier molecular flexibility index (Phi) is 7.65. The Morgan fingerprint density at radius 2 is 1.83 bits per heavy atom. The predicted molar refractivity (Wildman–Crippen MR) is 91.8 cm³/mol. The second-order valence-corrected chi connectivity index (χ2v) is 7.40. The number of sulfonamides is 1. The number of methoxy groups -OCH3 is 1. The number of hydrogen-bond donors (Lipinski definition) is 1. The summed E-state index contributed by atoms with van der Waals surface area (Å²) in [6.07, 6.45) is 0. The molecule has 0 bridgehead atoms. The normalized spacial score (nSPS) is 11.6. The van der Waals surface area contributed by atoms with Gasteiger partial charge in [0.15, 0.2) is 0 Å². The first-order valence-corrected chi connectivity index (χ1v) is 9.14. The molecule has 0 aliphatic rings. The minimum atomic E-state index is -3.64. The predicted octanol–water partition coefficient (Wildman–Crippen LogP) is 1.09. The van der Waals surface area contributed by atoms with Crippen molar-refractivity contribution in [1.29, 1.82) is 0 Å². The Morgan fingerprint density at radius 3 is 2.33 bits per heavy atom. The maximum Gasteiger partial charge on any atom is 0.245 e. The van der Waals surface area contributed by atoms with Crippen LogP contribution in [0.1, 0.15) is 18.1 Å². The van der Waals surface area contributed by atoms with Gasteiger partial charge in [0.05, 0.1) is 18.6 Å². The van der Waals surface area contributed by atoms with Gasteiger partial charge in [-0.15, -0.1) is 0 Å². The molecule has 0 aromatic heterocycles. The largest absolute Gasteiger partial charge is 0.497 e. The minimum Gasteiger partial charge on any atom is -0.497 e. The van der Waals surface area contributed by atoms with Crippen LogP contribution in [0.2, 0.25) is 0 Å². The average molecular weight is 358 g/mol. The van der Waals surface area contributed by atoms with Crippen LogP contribution >= 0.6 is 0 Å². The Morgan fingerprint density at radius 1 is 1.25 bits per heavy atom. The zero-order chi connectivity index (χ0) is 18.3. The highest BCUT2D eigenvalue weighted by Crippen LogP contribution is 2.27. The molecule has 0 fully saturated rings. The molecule has 1 aromatic rings. The molecular weight excluding hydrogens is 332 g/mol. The monoisotopic (exact) mass is 358 g/mol. The Labute approximate surface area is 144 Å². The quantitative estimate of drug-likeness (QED) is 0.668. The van der Waals surface area contributed by atoms with Crippen LogP contribution < -0.4 is 10.1 Å². The maximum atomic E-state index is 12.8. The lowest BCUT2D eigenvalue weighted by molar-refractivity contribution is -0.125. The highest BCUT2D eigenvalue weighted by Gasteiger charge is 2.25. The van der Waals surface area contributed by atoms with Crippen molar-refractivity contribution in [3.05, 3.63) is 23.3 Å². The van der Waals surface area contributed by atoms with E-state index in [1.165, 1.54) is 11.4 Å². The van der Waals surface area contributed by atoms with Crippen molar-refractivity contribution in [1.82, 2.24) is 9.62 Å². The second kappa shape index (κ2) is 9.00. The van der Waals surface area contributed by atoms with Gasteiger partial charge in [0.2, 0.25) is 15.9 Å². The zero-order valence-corrected chi connectivity index (χ0v) is 15.7. The third-order valence-electron chi connectivity index (χ3n) is 3.50. The number of ether oxygens (including phenoxy) is 2. The fourth-order valence-corrected chi connectivity index (χ4v) is 3.88. The number of amides is 1. The second-order valence-electron chi connectivity index (χ2n) is 5.42. The first-order chi connectivity index (χ1) is 11.2. The average Bonchev–Trinajstić information content (AvgIpc) is 2.50. The van der Waals surface area contributed by atoms with Gasteiger partial charge >= 0.3 is 0 Å². The molecule has 1 amide bonds. The Bertz CT molecular complexity index is 650. The van der Waals surface area contributed by atoms with E-state index < -0.39 is 10.0 Å². The number of rotatable bonds is 9. The lowest BCUT2D eigenvalue weighted by atomic mass is 10.1. The number of nitrogens with one attached hydrogen (secondary N) is 1. The smallest absolute Gasteiger partial charge is 0.245 e. The van der Waals surface area contributed by atoms with Crippen molar-refractivity contribution < 1.29 is 22.7 Å². The molecular formula is C16H26N2O5S. The fraction of sp³-hybridized carbons (Fsp3) is 0.562. The summed E-state index contributed by atoms with van der Waals surface area (Å²) in [6, 6.07) is 3.39. The molecule has 0 radical (unpaired) electrons. The number of likely N-dealkylation sites (N-methyl/N-ethyl adjacent to an activating group) is 2. The van der Waals surface area contributed by atoms with E-state index in [-0.39, 0.29) is 30.6 Å². The van der Waals surface area contributed by atoms with Crippen LogP contribution in [0.15, 0.2) is 17.0 Å². The molecule has 0 unspecified atom stereocenters. The van der Waals surface area contributed by atoms with Gasteiger partial charge in [0.1, 0.15) is 12.4 Å². The lowest BCUT2D eigenvalue weighted by Gasteiger charge is -2.20. The molecule has 1 N–H and O–H groups in total. The number of nitrogens with zero attached hydrogens (tertiary/aromatic N) is 1. The number of aryl methyl sites for hydroxylation is 2. The lowest BCUT2D eigenvalue weighted by Crippen LogP contribution is -2.33. The van der Waals surface area contributed by atoms with Crippen LogP contribution in [-0.2, 0) is 19.6 Å². The van der Waals surface area contributed by atoms with Crippen molar-refractivity contribution in [2.45, 2.75) is 25.7 Å². The molecule has 136 valence electrons. The van der Waals surface area contributed by atoms with Gasteiger partial charge in [0.25, 0.3) is 0 Å². The molecule has 1 aromatic carbocycles. The van der Waals surface area contributed by atoms with E-state index in [0.29, 0.717) is 23.4 Å². The van der Waals surface area contributed by atoms with Crippen LogP contribution in [0.5, 0.6) is 5.75 Å². The zero-order valence-electron chi connectivity index (χ0n) is 14.9. The number of carbonyl (C=O) groups is 1. The minimum absolute atomic E-state index is 0.0810. The van der Waals surface area contributed by atoms with Crippen molar-refractivity contribution in [3.63, 3.8) is 0 Å². The van der Waals surface area contributed by atoms with Crippen molar-refractivity contribution in [2.75, 3.05) is 40.5 Å². The topological polar surface area (TPSA) is 84.9 Å². The molecule has 24 heavy (non-hydrogen) atoms. The SMILES string of the molecule is CCNC(=O)COCCN(C)S(=O)(=O)c1c(C)cc(OC)cc1C. The summed E-state index contributed by atoms with van der Waals surface area (Å²) in [5.41, 5.74) is 1.25. The molecule has 0 saturated heterocycles. The number of hydrogen-bond acceptors (Lipinski definition) is 5. The van der Waals surface area contributed by atoms with Gasteiger partial charge < -0.3 is 14.8 Å². The van der Waals surface area contributed by atoms with E-state index in [1.54, 1.807) is 33.1 Å². The van der Waals surface area contributed by atoms with Crippen LogP contribution in [0.3, 0.4) is 0 Å². The molecule has 7 nitrogen and oxygen atoms in total. The Hall–Kier alpha value is -1.64. The van der Waals surface area contributed by atoms with Crippen molar-refractivity contribution in [3.8, 4) is 5.75 Å². The summed E-state index contributed by atoms with van der Waals surface area (Å²) in [5, 5.41) is 2.61. The van der Waals surface area contributed by atoms with Gasteiger partial charge in [-0.3, -0.25) is 4.79 Å². The van der Waals surface area contributed by atoms with E-state index in [0.717, 1.165) is 0 Å². The summed E-state index contributed by atoms with van der Waals surface area (Å²) in [6.45, 7) is 6.05. The number of carbonyl (C=O) groups excluding carboxylic acids is 1. The van der Waals surface area contributed by atoms with Crippen molar-refractivity contribution in [2.24, 2.45) is 0 Å². The molecule has 0 atom stereocenters. The summed E-state index contributed by atoms with van der Waals surface area (Å²) < 4.78 is 37.1. The Balaban J connectivity index is 2.76.